The topological polar surface area (TPSA) is 32.8 Å². The Labute approximate surface area is 152 Å². The van der Waals surface area contributed by atoms with Crippen molar-refractivity contribution in [3.63, 3.8) is 0 Å². The van der Waals surface area contributed by atoms with E-state index in [0.29, 0.717) is 26.7 Å². The number of ether oxygens (including phenoxy) is 1. The van der Waals surface area contributed by atoms with Gasteiger partial charge in [-0.3, -0.25) is 9.69 Å². The van der Waals surface area contributed by atoms with Crippen molar-refractivity contribution in [2.24, 2.45) is 0 Å². The predicted octanol–water partition coefficient (Wildman–Crippen LogP) is 4.17. The molecule has 128 valence electrons. The second-order valence-electron chi connectivity index (χ2n) is 5.97. The SMILES string of the molecule is CCC1CCCCN1/C=C1\SC(=S)N(c2ccccc2OC)C1=O. The Morgan fingerprint density at radius 1 is 1.38 bits per heavy atom. The van der Waals surface area contributed by atoms with Crippen molar-refractivity contribution >= 4 is 39.9 Å². The van der Waals surface area contributed by atoms with Crippen LogP contribution in [0.25, 0.3) is 0 Å². The van der Waals surface area contributed by atoms with Gasteiger partial charge < -0.3 is 9.64 Å². The van der Waals surface area contributed by atoms with Gasteiger partial charge in [0.1, 0.15) is 5.75 Å². The molecule has 0 radical (unpaired) electrons. The van der Waals surface area contributed by atoms with E-state index in [2.05, 4.69) is 11.8 Å². The lowest BCUT2D eigenvalue weighted by atomic mass is 10.0. The maximum absolute atomic E-state index is 12.9. The summed E-state index contributed by atoms with van der Waals surface area (Å²) < 4.78 is 5.94. The molecule has 2 aliphatic rings. The summed E-state index contributed by atoms with van der Waals surface area (Å²) in [7, 11) is 1.60. The van der Waals surface area contributed by atoms with Crippen LogP contribution < -0.4 is 9.64 Å². The molecule has 4 nitrogen and oxygen atoms in total. The number of anilines is 1. The van der Waals surface area contributed by atoms with Gasteiger partial charge >= 0.3 is 0 Å². The van der Waals surface area contributed by atoms with Crippen LogP contribution in [0.4, 0.5) is 5.69 Å². The molecule has 0 spiro atoms. The van der Waals surface area contributed by atoms with E-state index in [-0.39, 0.29) is 5.91 Å². The molecule has 2 heterocycles. The van der Waals surface area contributed by atoms with Gasteiger partial charge in [0, 0.05) is 18.8 Å². The van der Waals surface area contributed by atoms with E-state index in [4.69, 9.17) is 17.0 Å². The molecule has 2 saturated heterocycles. The van der Waals surface area contributed by atoms with E-state index in [1.165, 1.54) is 31.0 Å². The fraction of sp³-hybridized carbons (Fsp3) is 0.444. The van der Waals surface area contributed by atoms with Crippen LogP contribution in [0, 0.1) is 0 Å². The number of thiocarbonyl (C=S) groups is 1. The summed E-state index contributed by atoms with van der Waals surface area (Å²) in [5.74, 6) is 0.592. The summed E-state index contributed by atoms with van der Waals surface area (Å²) in [5, 5.41) is 0. The fourth-order valence-corrected chi connectivity index (χ4v) is 4.54. The van der Waals surface area contributed by atoms with Crippen molar-refractivity contribution in [1.82, 2.24) is 4.90 Å². The first-order chi connectivity index (χ1) is 11.7. The van der Waals surface area contributed by atoms with Crippen LogP contribution in [0.5, 0.6) is 5.75 Å². The van der Waals surface area contributed by atoms with Gasteiger partial charge in [0.05, 0.1) is 17.7 Å². The second-order valence-corrected chi connectivity index (χ2v) is 7.65. The third-order valence-corrected chi connectivity index (χ3v) is 5.84. The van der Waals surface area contributed by atoms with Crippen LogP contribution in [-0.2, 0) is 4.79 Å². The van der Waals surface area contributed by atoms with Crippen LogP contribution >= 0.6 is 24.0 Å². The van der Waals surface area contributed by atoms with Crippen LogP contribution in [0.2, 0.25) is 0 Å². The van der Waals surface area contributed by atoms with Crippen molar-refractivity contribution in [3.8, 4) is 5.75 Å². The first kappa shape index (κ1) is 17.3. The summed E-state index contributed by atoms with van der Waals surface area (Å²) in [4.78, 5) is 17.5. The number of thioether (sulfide) groups is 1. The summed E-state index contributed by atoms with van der Waals surface area (Å²) in [6.07, 6.45) is 6.76. The van der Waals surface area contributed by atoms with Crippen LogP contribution in [0.1, 0.15) is 32.6 Å². The van der Waals surface area contributed by atoms with Crippen LogP contribution in [-0.4, -0.2) is 34.8 Å². The normalized spacial score (nSPS) is 23.2. The number of nitrogens with zero attached hydrogens (tertiary/aromatic N) is 2. The molecule has 2 fully saturated rings. The van der Waals surface area contributed by atoms with Crippen molar-refractivity contribution in [1.29, 1.82) is 0 Å². The molecular formula is C18H22N2O2S2. The summed E-state index contributed by atoms with van der Waals surface area (Å²) in [5.41, 5.74) is 0.705. The number of hydrogen-bond acceptors (Lipinski definition) is 5. The molecule has 1 aromatic rings. The molecule has 3 rings (SSSR count). The summed E-state index contributed by atoms with van der Waals surface area (Å²) in [6, 6.07) is 8.00. The Kier molecular flexibility index (Phi) is 5.46. The number of benzene rings is 1. The molecule has 1 unspecified atom stereocenters. The van der Waals surface area contributed by atoms with E-state index in [9.17, 15) is 4.79 Å². The van der Waals surface area contributed by atoms with Crippen molar-refractivity contribution < 1.29 is 9.53 Å². The standard InChI is InChI=1S/C18H22N2O2S2/c1-3-13-8-6-7-11-19(13)12-16-17(21)20(18(23)24-16)14-9-4-5-10-15(14)22-2/h4-5,9-10,12-13H,3,6-8,11H2,1-2H3/b16-12-. The number of piperidine rings is 1. The van der Waals surface area contributed by atoms with E-state index in [1.807, 2.05) is 30.5 Å². The highest BCUT2D eigenvalue weighted by atomic mass is 32.2. The van der Waals surface area contributed by atoms with Gasteiger partial charge in [0.25, 0.3) is 5.91 Å². The van der Waals surface area contributed by atoms with E-state index in [0.717, 1.165) is 13.0 Å². The Morgan fingerprint density at radius 3 is 2.92 bits per heavy atom. The molecule has 0 aromatic heterocycles. The maximum Gasteiger partial charge on any atom is 0.272 e. The van der Waals surface area contributed by atoms with Crippen LogP contribution in [0.15, 0.2) is 35.4 Å². The minimum absolute atomic E-state index is 0.0603. The summed E-state index contributed by atoms with van der Waals surface area (Å²) >= 11 is 6.84. The number of carbonyl (C=O) groups is 1. The average Bonchev–Trinajstić information content (AvgIpc) is 2.89. The van der Waals surface area contributed by atoms with E-state index >= 15 is 0 Å². The number of para-hydroxylation sites is 2. The zero-order chi connectivity index (χ0) is 17.1. The monoisotopic (exact) mass is 362 g/mol. The van der Waals surface area contributed by atoms with Gasteiger partial charge in [-0.25, -0.2) is 0 Å². The van der Waals surface area contributed by atoms with Crippen molar-refractivity contribution in [2.75, 3.05) is 18.6 Å². The molecule has 0 bridgehead atoms. The number of rotatable bonds is 4. The van der Waals surface area contributed by atoms with Crippen molar-refractivity contribution in [3.05, 3.63) is 35.4 Å². The molecule has 0 N–H and O–H groups in total. The van der Waals surface area contributed by atoms with Crippen LogP contribution in [0.3, 0.4) is 0 Å². The molecule has 1 aromatic carbocycles. The van der Waals surface area contributed by atoms with Crippen molar-refractivity contribution in [2.45, 2.75) is 38.6 Å². The molecule has 1 amide bonds. The molecule has 0 aliphatic carbocycles. The number of methoxy groups -OCH3 is 1. The van der Waals surface area contributed by atoms with Gasteiger partial charge in [-0.2, -0.15) is 0 Å². The number of amides is 1. The fourth-order valence-electron chi connectivity index (χ4n) is 3.26. The molecule has 6 heteroatoms. The first-order valence-electron chi connectivity index (χ1n) is 8.32. The Hall–Kier alpha value is -1.53. The molecule has 1 atom stereocenters. The maximum atomic E-state index is 12.9. The van der Waals surface area contributed by atoms with Gasteiger partial charge in [0.15, 0.2) is 4.32 Å². The minimum atomic E-state index is -0.0603. The average molecular weight is 363 g/mol. The largest absolute Gasteiger partial charge is 0.495 e. The quantitative estimate of drug-likeness (QED) is 0.593. The first-order valence-corrected chi connectivity index (χ1v) is 9.55. The van der Waals surface area contributed by atoms with E-state index < -0.39 is 0 Å². The zero-order valence-corrected chi connectivity index (χ0v) is 15.7. The van der Waals surface area contributed by atoms with Gasteiger partial charge in [-0.05, 0) is 37.8 Å². The van der Waals surface area contributed by atoms with Gasteiger partial charge in [-0.15, -0.1) is 0 Å². The summed E-state index contributed by atoms with van der Waals surface area (Å²) in [6.45, 7) is 3.22. The van der Waals surface area contributed by atoms with Gasteiger partial charge in [0.2, 0.25) is 0 Å². The highest BCUT2D eigenvalue weighted by molar-refractivity contribution is 8.27. The number of likely N-dealkylation sites (tertiary alicyclic amines) is 1. The molecule has 0 saturated carbocycles. The highest BCUT2D eigenvalue weighted by Gasteiger charge is 2.35. The lowest BCUT2D eigenvalue weighted by Gasteiger charge is -2.34. The Balaban J connectivity index is 1.87. The molecule has 24 heavy (non-hydrogen) atoms. The zero-order valence-electron chi connectivity index (χ0n) is 14.0. The number of hydrogen-bond donors (Lipinski definition) is 0. The van der Waals surface area contributed by atoms with E-state index in [1.54, 1.807) is 12.0 Å². The number of carbonyl (C=O) groups excluding carboxylic acids is 1. The minimum Gasteiger partial charge on any atom is -0.495 e. The lowest BCUT2D eigenvalue weighted by Crippen LogP contribution is -2.35. The third-order valence-electron chi connectivity index (χ3n) is 4.55. The van der Waals surface area contributed by atoms with Gasteiger partial charge in [-0.1, -0.05) is 43.0 Å². The molecular weight excluding hydrogens is 340 g/mol. The Morgan fingerprint density at radius 2 is 2.17 bits per heavy atom. The lowest BCUT2D eigenvalue weighted by molar-refractivity contribution is -0.113. The molecule has 2 aliphatic heterocycles. The Bertz CT molecular complexity index is 675. The smallest absolute Gasteiger partial charge is 0.272 e. The second kappa shape index (κ2) is 7.57. The highest BCUT2D eigenvalue weighted by Crippen LogP contribution is 2.39. The third kappa shape index (κ3) is 3.30. The predicted molar refractivity (Wildman–Crippen MR) is 103 cm³/mol.